The molecule has 0 atom stereocenters. The highest BCUT2D eigenvalue weighted by Crippen LogP contribution is 2.36. The molecule has 0 aliphatic carbocycles. The molecule has 0 spiro atoms. The fraction of sp³-hybridized carbons (Fsp3) is 0.185. The molecule has 0 amide bonds. The Morgan fingerprint density at radius 3 is 2.40 bits per heavy atom. The molecule has 8 heteroatoms. The van der Waals surface area contributed by atoms with E-state index in [1.807, 2.05) is 43.3 Å². The maximum Gasteiger partial charge on any atom is 0.246 e. The lowest BCUT2D eigenvalue weighted by Crippen LogP contribution is -2.35. The molecule has 4 aromatic rings. The van der Waals surface area contributed by atoms with Crippen LogP contribution in [0.15, 0.2) is 77.7 Å². The molecule has 0 N–H and O–H groups in total. The number of nitrogens with zero attached hydrogens (tertiary/aromatic N) is 2. The molecule has 3 aromatic carbocycles. The van der Waals surface area contributed by atoms with Crippen LogP contribution >= 0.6 is 0 Å². The lowest BCUT2D eigenvalue weighted by molar-refractivity contribution is 0.435. The van der Waals surface area contributed by atoms with Gasteiger partial charge in [0.05, 0.1) is 0 Å². The van der Waals surface area contributed by atoms with E-state index < -0.39 is 26.6 Å². The van der Waals surface area contributed by atoms with Crippen molar-refractivity contribution in [3.63, 3.8) is 0 Å². The third kappa shape index (κ3) is 4.28. The van der Waals surface area contributed by atoms with Crippen molar-refractivity contribution in [2.24, 2.45) is 0 Å². The van der Waals surface area contributed by atoms with E-state index in [1.165, 1.54) is 16.4 Å². The Morgan fingerprint density at radius 1 is 0.914 bits per heavy atom. The Bertz CT molecular complexity index is 1570. The van der Waals surface area contributed by atoms with Gasteiger partial charge in [0.1, 0.15) is 22.3 Å². The number of hydrogen-bond donors (Lipinski definition) is 0. The molecule has 0 bridgehead atoms. The maximum atomic E-state index is 14.2. The van der Waals surface area contributed by atoms with Crippen molar-refractivity contribution >= 4 is 26.5 Å². The normalized spacial score (nSPS) is 14.9. The molecule has 0 fully saturated rings. The summed E-state index contributed by atoms with van der Waals surface area (Å²) in [6.45, 7) is 2.76. The number of aromatic nitrogens is 1. The lowest BCUT2D eigenvalue weighted by Gasteiger charge is -2.26. The fourth-order valence-electron chi connectivity index (χ4n) is 4.78. The van der Waals surface area contributed by atoms with Crippen LogP contribution in [0.4, 0.5) is 13.2 Å². The molecule has 0 unspecified atom stereocenters. The van der Waals surface area contributed by atoms with Crippen molar-refractivity contribution in [3.05, 3.63) is 107 Å². The predicted molar refractivity (Wildman–Crippen MR) is 130 cm³/mol. The van der Waals surface area contributed by atoms with Gasteiger partial charge in [0.15, 0.2) is 0 Å². The molecule has 5 rings (SSSR count). The largest absolute Gasteiger partial charge is 0.340 e. The van der Waals surface area contributed by atoms with E-state index in [9.17, 15) is 21.6 Å². The molecule has 1 aromatic heterocycles. The Kier molecular flexibility index (Phi) is 6.02. The van der Waals surface area contributed by atoms with Crippen LogP contribution in [0.3, 0.4) is 0 Å². The minimum atomic E-state index is -4.10. The van der Waals surface area contributed by atoms with E-state index in [2.05, 4.69) is 4.57 Å². The highest BCUT2D eigenvalue weighted by atomic mass is 32.2. The Morgan fingerprint density at radius 2 is 1.69 bits per heavy atom. The van der Waals surface area contributed by atoms with Crippen LogP contribution in [0.25, 0.3) is 16.5 Å². The average Bonchev–Trinajstić information content (AvgIpc) is 3.10. The molecule has 0 saturated carbocycles. The van der Waals surface area contributed by atoms with Crippen LogP contribution in [0.2, 0.25) is 0 Å². The number of para-hydroxylation sites is 1. The highest BCUT2D eigenvalue weighted by molar-refractivity contribution is 7.89. The number of benzene rings is 3. The summed E-state index contributed by atoms with van der Waals surface area (Å²) in [4.78, 5) is -0.529. The summed E-state index contributed by atoms with van der Waals surface area (Å²) in [5.74, 6) is -2.21. The van der Waals surface area contributed by atoms with Crippen LogP contribution in [0, 0.1) is 24.4 Å². The summed E-state index contributed by atoms with van der Waals surface area (Å²) < 4.78 is 70.5. The van der Waals surface area contributed by atoms with Crippen molar-refractivity contribution in [2.75, 3.05) is 13.1 Å². The van der Waals surface area contributed by atoms with Gasteiger partial charge in [-0.15, -0.1) is 0 Å². The second-order valence-corrected chi connectivity index (χ2v) is 10.5. The summed E-state index contributed by atoms with van der Waals surface area (Å²) in [5.41, 5.74) is 4.89. The van der Waals surface area contributed by atoms with Gasteiger partial charge in [-0.25, -0.2) is 21.6 Å². The van der Waals surface area contributed by atoms with Crippen LogP contribution in [-0.4, -0.2) is 30.4 Å². The molecular weight excluding hydrogens is 473 g/mol. The quantitative estimate of drug-likeness (QED) is 0.346. The predicted octanol–water partition coefficient (Wildman–Crippen LogP) is 5.89. The number of halogens is 3. The van der Waals surface area contributed by atoms with Gasteiger partial charge in [0.2, 0.25) is 10.0 Å². The van der Waals surface area contributed by atoms with E-state index in [4.69, 9.17) is 0 Å². The van der Waals surface area contributed by atoms with Crippen LogP contribution in [0.1, 0.15) is 23.2 Å². The van der Waals surface area contributed by atoms with Crippen molar-refractivity contribution in [1.82, 2.24) is 8.87 Å². The zero-order chi connectivity index (χ0) is 24.7. The number of rotatable bonds is 5. The standard InChI is InChI=1S/C27H23F3N2O2S/c1-18-27(23-7-2-3-8-25(23)32(18)17-19-5-4-6-21(28)15-19)20-11-13-31(14-12-20)35(33,34)26-10-9-22(29)16-24(26)30/h2-11,15-16H,12-14,17H2,1H3. The third-order valence-corrected chi connectivity index (χ3v) is 8.36. The lowest BCUT2D eigenvalue weighted by atomic mass is 9.97. The van der Waals surface area contributed by atoms with Crippen molar-refractivity contribution in [3.8, 4) is 0 Å². The molecule has 35 heavy (non-hydrogen) atoms. The van der Waals surface area contributed by atoms with Crippen LogP contribution in [0.5, 0.6) is 0 Å². The van der Waals surface area contributed by atoms with Gasteiger partial charge in [-0.1, -0.05) is 36.4 Å². The van der Waals surface area contributed by atoms with E-state index in [0.29, 0.717) is 19.0 Å². The maximum absolute atomic E-state index is 14.2. The first-order valence-corrected chi connectivity index (χ1v) is 12.7. The van der Waals surface area contributed by atoms with Gasteiger partial charge in [-0.2, -0.15) is 4.31 Å². The van der Waals surface area contributed by atoms with Crippen molar-refractivity contribution < 1.29 is 21.6 Å². The van der Waals surface area contributed by atoms with E-state index in [1.54, 1.807) is 6.07 Å². The first kappa shape index (κ1) is 23.4. The first-order chi connectivity index (χ1) is 16.8. The van der Waals surface area contributed by atoms with Gasteiger partial charge in [0.25, 0.3) is 0 Å². The van der Waals surface area contributed by atoms with Crippen LogP contribution < -0.4 is 0 Å². The second-order valence-electron chi connectivity index (χ2n) is 8.61. The molecule has 0 radical (unpaired) electrons. The van der Waals surface area contributed by atoms with Gasteiger partial charge < -0.3 is 4.57 Å². The SMILES string of the molecule is Cc1c(C2=CCN(S(=O)(=O)c3ccc(F)cc3F)CC2)c2ccccc2n1Cc1cccc(F)c1. The third-order valence-electron chi connectivity index (χ3n) is 6.47. The number of hydrogen-bond acceptors (Lipinski definition) is 2. The summed E-state index contributed by atoms with van der Waals surface area (Å²) in [6, 6.07) is 16.9. The molecule has 4 nitrogen and oxygen atoms in total. The van der Waals surface area contributed by atoms with Crippen molar-refractivity contribution in [2.45, 2.75) is 24.8 Å². The molecule has 0 saturated heterocycles. The highest BCUT2D eigenvalue weighted by Gasteiger charge is 2.30. The smallest absolute Gasteiger partial charge is 0.246 e. The van der Waals surface area contributed by atoms with Gasteiger partial charge in [-0.3, -0.25) is 0 Å². The zero-order valence-corrected chi connectivity index (χ0v) is 19.8. The van der Waals surface area contributed by atoms with E-state index in [-0.39, 0.29) is 18.9 Å². The summed E-state index contributed by atoms with van der Waals surface area (Å²) in [6.07, 6.45) is 2.29. The van der Waals surface area contributed by atoms with Gasteiger partial charge in [0, 0.05) is 47.9 Å². The zero-order valence-electron chi connectivity index (χ0n) is 19.0. The summed E-state index contributed by atoms with van der Waals surface area (Å²) in [7, 11) is -4.10. The molecule has 1 aliphatic heterocycles. The van der Waals surface area contributed by atoms with Gasteiger partial charge >= 0.3 is 0 Å². The number of fused-ring (bicyclic) bond motifs is 1. The average molecular weight is 497 g/mol. The molecule has 2 heterocycles. The summed E-state index contributed by atoms with van der Waals surface area (Å²) in [5, 5.41) is 1.04. The fourth-order valence-corrected chi connectivity index (χ4v) is 6.20. The second kappa shape index (κ2) is 9.02. The van der Waals surface area contributed by atoms with E-state index in [0.717, 1.165) is 45.4 Å². The molecular formula is C27H23F3N2O2S. The van der Waals surface area contributed by atoms with E-state index >= 15 is 0 Å². The minimum Gasteiger partial charge on any atom is -0.340 e. The first-order valence-electron chi connectivity index (χ1n) is 11.2. The topological polar surface area (TPSA) is 42.3 Å². The number of sulfonamides is 1. The van der Waals surface area contributed by atoms with Gasteiger partial charge in [-0.05, 0) is 54.8 Å². The Balaban J connectivity index is 1.49. The monoisotopic (exact) mass is 496 g/mol. The Labute approximate surface area is 202 Å². The molecule has 1 aliphatic rings. The minimum absolute atomic E-state index is 0.0807. The summed E-state index contributed by atoms with van der Waals surface area (Å²) >= 11 is 0. The van der Waals surface area contributed by atoms with Crippen LogP contribution in [-0.2, 0) is 16.6 Å². The Hall–Kier alpha value is -3.36. The molecule has 180 valence electrons. The van der Waals surface area contributed by atoms with Crippen molar-refractivity contribution in [1.29, 1.82) is 0 Å².